The van der Waals surface area contributed by atoms with Gasteiger partial charge in [0, 0.05) is 11.5 Å². The first-order valence-corrected chi connectivity index (χ1v) is 7.70. The van der Waals surface area contributed by atoms with Gasteiger partial charge in [0.05, 0.1) is 5.56 Å². The Morgan fingerprint density at radius 1 is 1.13 bits per heavy atom. The van der Waals surface area contributed by atoms with Crippen molar-refractivity contribution in [2.75, 3.05) is 13.1 Å². The third-order valence-electron chi connectivity index (χ3n) is 5.00. The predicted octanol–water partition coefficient (Wildman–Crippen LogP) is 3.61. The molecule has 1 atom stereocenters. The van der Waals surface area contributed by atoms with Crippen molar-refractivity contribution in [3.63, 3.8) is 0 Å². The monoisotopic (exact) mass is 323 g/mol. The second-order valence-corrected chi connectivity index (χ2v) is 6.40. The van der Waals surface area contributed by atoms with Crippen molar-refractivity contribution in [3.8, 4) is 11.4 Å². The highest BCUT2D eigenvalue weighted by Gasteiger charge is 2.57. The van der Waals surface area contributed by atoms with Crippen LogP contribution in [-0.2, 0) is 6.18 Å². The Balaban J connectivity index is 1.52. The van der Waals surface area contributed by atoms with Crippen molar-refractivity contribution in [2.45, 2.75) is 31.4 Å². The lowest BCUT2D eigenvalue weighted by Crippen LogP contribution is -2.29. The fourth-order valence-corrected chi connectivity index (χ4v) is 3.48. The molecular formula is C16H16F3N3O. The van der Waals surface area contributed by atoms with Crippen LogP contribution in [-0.4, -0.2) is 23.2 Å². The van der Waals surface area contributed by atoms with Gasteiger partial charge in [0.1, 0.15) is 0 Å². The van der Waals surface area contributed by atoms with Crippen LogP contribution < -0.4 is 5.32 Å². The number of halogens is 3. The molecule has 0 bridgehead atoms. The number of benzene rings is 1. The zero-order valence-corrected chi connectivity index (χ0v) is 12.4. The van der Waals surface area contributed by atoms with E-state index >= 15 is 0 Å². The van der Waals surface area contributed by atoms with Crippen LogP contribution in [0.25, 0.3) is 11.4 Å². The summed E-state index contributed by atoms with van der Waals surface area (Å²) in [4.78, 5) is 4.40. The molecule has 1 saturated carbocycles. The number of hydrogen-bond acceptors (Lipinski definition) is 4. The predicted molar refractivity (Wildman–Crippen MR) is 76.6 cm³/mol. The van der Waals surface area contributed by atoms with Gasteiger partial charge in [0.2, 0.25) is 11.7 Å². The summed E-state index contributed by atoms with van der Waals surface area (Å²) >= 11 is 0. The molecule has 0 amide bonds. The maximum Gasteiger partial charge on any atom is 0.416 e. The lowest BCUT2D eigenvalue weighted by atomic mass is 9.92. The van der Waals surface area contributed by atoms with Gasteiger partial charge in [-0.05, 0) is 49.9 Å². The lowest BCUT2D eigenvalue weighted by Gasteiger charge is -2.22. The fraction of sp³-hybridized carbons (Fsp3) is 0.500. The third-order valence-corrected chi connectivity index (χ3v) is 5.00. The highest BCUT2D eigenvalue weighted by atomic mass is 19.4. The maximum atomic E-state index is 12.6. The number of aromatic nitrogens is 2. The van der Waals surface area contributed by atoms with Crippen molar-refractivity contribution in [1.29, 1.82) is 0 Å². The van der Waals surface area contributed by atoms with E-state index in [4.69, 9.17) is 4.52 Å². The van der Waals surface area contributed by atoms with Crippen molar-refractivity contribution in [3.05, 3.63) is 35.7 Å². The molecule has 4 rings (SSSR count). The molecule has 1 unspecified atom stereocenters. The van der Waals surface area contributed by atoms with Crippen molar-refractivity contribution < 1.29 is 17.7 Å². The van der Waals surface area contributed by atoms with E-state index in [1.165, 1.54) is 12.1 Å². The Bertz CT molecular complexity index is 702. The quantitative estimate of drug-likeness (QED) is 0.917. The van der Waals surface area contributed by atoms with Crippen LogP contribution >= 0.6 is 0 Å². The standard InChI is InChI=1S/C16H16F3N3O/c17-16(18,19)11-3-1-10(2-4-11)13-21-14(23-22-13)12-9-15(12)5-7-20-8-6-15/h1-4,12,20H,5-9H2. The molecule has 7 heteroatoms. The number of alkyl halides is 3. The van der Waals surface area contributed by atoms with Gasteiger partial charge in [-0.3, -0.25) is 0 Å². The molecule has 1 aromatic heterocycles. The minimum absolute atomic E-state index is 0.287. The zero-order valence-electron chi connectivity index (χ0n) is 12.4. The number of nitrogens with zero attached hydrogens (tertiary/aromatic N) is 2. The summed E-state index contributed by atoms with van der Waals surface area (Å²) in [5.74, 6) is 1.26. The van der Waals surface area contributed by atoms with Crippen LogP contribution in [0.15, 0.2) is 28.8 Å². The maximum absolute atomic E-state index is 12.6. The van der Waals surface area contributed by atoms with Gasteiger partial charge in [-0.25, -0.2) is 0 Å². The number of hydrogen-bond donors (Lipinski definition) is 1. The molecule has 2 fully saturated rings. The topological polar surface area (TPSA) is 51.0 Å². The van der Waals surface area contributed by atoms with Crippen LogP contribution in [0, 0.1) is 5.41 Å². The van der Waals surface area contributed by atoms with Gasteiger partial charge in [0.15, 0.2) is 0 Å². The van der Waals surface area contributed by atoms with Gasteiger partial charge in [0.25, 0.3) is 0 Å². The van der Waals surface area contributed by atoms with E-state index in [0.29, 0.717) is 23.2 Å². The highest BCUT2D eigenvalue weighted by Crippen LogP contribution is 2.63. The van der Waals surface area contributed by atoms with Gasteiger partial charge >= 0.3 is 6.18 Å². The normalized spacial score (nSPS) is 23.2. The second-order valence-electron chi connectivity index (χ2n) is 6.40. The summed E-state index contributed by atoms with van der Waals surface area (Å²) in [6.45, 7) is 2.02. The Morgan fingerprint density at radius 3 is 2.48 bits per heavy atom. The Kier molecular flexibility index (Phi) is 3.23. The molecule has 1 saturated heterocycles. The zero-order chi connectivity index (χ0) is 16.1. The van der Waals surface area contributed by atoms with Gasteiger partial charge in [-0.2, -0.15) is 18.2 Å². The summed E-state index contributed by atoms with van der Waals surface area (Å²) in [5.41, 5.74) is 0.142. The van der Waals surface area contributed by atoms with E-state index in [-0.39, 0.29) is 5.41 Å². The van der Waals surface area contributed by atoms with E-state index in [9.17, 15) is 13.2 Å². The molecule has 1 aliphatic carbocycles. The van der Waals surface area contributed by atoms with E-state index in [1.807, 2.05) is 0 Å². The van der Waals surface area contributed by atoms with E-state index in [2.05, 4.69) is 15.5 Å². The van der Waals surface area contributed by atoms with Crippen LogP contribution in [0.3, 0.4) is 0 Å². The number of rotatable bonds is 2. The van der Waals surface area contributed by atoms with E-state index in [0.717, 1.165) is 44.5 Å². The summed E-state index contributed by atoms with van der Waals surface area (Å²) in [7, 11) is 0. The van der Waals surface area contributed by atoms with Crippen molar-refractivity contribution >= 4 is 0 Å². The minimum atomic E-state index is -4.34. The SMILES string of the molecule is FC(F)(F)c1ccc(-c2noc(C3CC34CCNCC4)n2)cc1. The van der Waals surface area contributed by atoms with Gasteiger partial charge in [-0.15, -0.1) is 0 Å². The smallest absolute Gasteiger partial charge is 0.339 e. The molecular weight excluding hydrogens is 307 g/mol. The molecule has 4 nitrogen and oxygen atoms in total. The van der Waals surface area contributed by atoms with Crippen LogP contribution in [0.4, 0.5) is 13.2 Å². The van der Waals surface area contributed by atoms with Crippen LogP contribution in [0.1, 0.15) is 36.6 Å². The fourth-order valence-electron chi connectivity index (χ4n) is 3.48. The average molecular weight is 323 g/mol. The molecule has 2 aromatic rings. The van der Waals surface area contributed by atoms with Crippen LogP contribution in [0.2, 0.25) is 0 Å². The van der Waals surface area contributed by atoms with Crippen molar-refractivity contribution in [1.82, 2.24) is 15.5 Å². The summed E-state index contributed by atoms with van der Waals surface area (Å²) < 4.78 is 43.1. The molecule has 1 N–H and O–H groups in total. The van der Waals surface area contributed by atoms with Gasteiger partial charge in [-0.1, -0.05) is 17.3 Å². The number of nitrogens with one attached hydrogen (secondary N) is 1. The molecule has 2 aliphatic rings. The minimum Gasteiger partial charge on any atom is -0.339 e. The lowest BCUT2D eigenvalue weighted by molar-refractivity contribution is -0.137. The molecule has 1 aromatic carbocycles. The highest BCUT2D eigenvalue weighted by molar-refractivity contribution is 5.55. The molecule has 1 aliphatic heterocycles. The molecule has 2 heterocycles. The Labute approximate surface area is 131 Å². The summed E-state index contributed by atoms with van der Waals surface area (Å²) in [6.07, 6.45) is -1.06. The molecule has 0 radical (unpaired) electrons. The largest absolute Gasteiger partial charge is 0.416 e. The Hall–Kier alpha value is -1.89. The van der Waals surface area contributed by atoms with Crippen molar-refractivity contribution in [2.24, 2.45) is 5.41 Å². The first-order valence-electron chi connectivity index (χ1n) is 7.70. The average Bonchev–Trinajstić information content (AvgIpc) is 3.01. The second kappa shape index (κ2) is 5.06. The van der Waals surface area contributed by atoms with Gasteiger partial charge < -0.3 is 9.84 Å². The molecule has 122 valence electrons. The molecule has 23 heavy (non-hydrogen) atoms. The third kappa shape index (κ3) is 2.63. The van der Waals surface area contributed by atoms with E-state index in [1.54, 1.807) is 0 Å². The number of piperidine rings is 1. The van der Waals surface area contributed by atoms with Crippen LogP contribution in [0.5, 0.6) is 0 Å². The first kappa shape index (κ1) is 14.7. The molecule has 1 spiro atoms. The Morgan fingerprint density at radius 2 is 1.83 bits per heavy atom. The summed E-state index contributed by atoms with van der Waals surface area (Å²) in [6, 6.07) is 4.84. The first-order chi connectivity index (χ1) is 11.0. The summed E-state index contributed by atoms with van der Waals surface area (Å²) in [5, 5.41) is 7.28. The van der Waals surface area contributed by atoms with E-state index < -0.39 is 11.7 Å².